The van der Waals surface area contributed by atoms with Crippen molar-refractivity contribution < 1.29 is 22.7 Å². The molecule has 1 aromatic carbocycles. The first-order valence-electron chi connectivity index (χ1n) is 8.93. The number of nitrogens with zero attached hydrogens (tertiary/aromatic N) is 2. The first-order chi connectivity index (χ1) is 12.7. The number of carbonyl (C=O) groups excluding carboxylic acids is 1. The Kier molecular flexibility index (Phi) is 7.46. The van der Waals surface area contributed by atoms with Gasteiger partial charge in [0, 0.05) is 25.2 Å². The Morgan fingerprint density at radius 2 is 1.93 bits per heavy atom. The molecule has 1 aromatic rings. The van der Waals surface area contributed by atoms with E-state index in [1.807, 2.05) is 30.0 Å². The molecule has 9 heteroatoms. The maximum atomic E-state index is 12.5. The first kappa shape index (κ1) is 21.5. The van der Waals surface area contributed by atoms with Crippen molar-refractivity contribution >= 4 is 15.9 Å². The van der Waals surface area contributed by atoms with E-state index < -0.39 is 10.0 Å². The average Bonchev–Trinajstić information content (AvgIpc) is 2.86. The van der Waals surface area contributed by atoms with Crippen molar-refractivity contribution in [3.8, 4) is 11.5 Å². The van der Waals surface area contributed by atoms with Crippen LogP contribution in [-0.2, 0) is 14.8 Å². The third-order valence-electron chi connectivity index (χ3n) is 4.66. The van der Waals surface area contributed by atoms with E-state index in [0.29, 0.717) is 44.1 Å². The summed E-state index contributed by atoms with van der Waals surface area (Å²) in [7, 11) is -0.0110. The minimum absolute atomic E-state index is 0.111. The van der Waals surface area contributed by atoms with Crippen LogP contribution in [0.15, 0.2) is 18.2 Å². The van der Waals surface area contributed by atoms with E-state index in [9.17, 15) is 13.2 Å². The van der Waals surface area contributed by atoms with Crippen LogP contribution in [0.25, 0.3) is 0 Å². The topological polar surface area (TPSA) is 88.2 Å². The molecule has 8 nitrogen and oxygen atoms in total. The molecule has 0 aromatic heterocycles. The van der Waals surface area contributed by atoms with Gasteiger partial charge in [-0.05, 0) is 38.1 Å². The van der Waals surface area contributed by atoms with Gasteiger partial charge in [0.1, 0.15) is 11.5 Å². The second-order valence-corrected chi connectivity index (χ2v) is 8.67. The van der Waals surface area contributed by atoms with Crippen LogP contribution >= 0.6 is 0 Å². The van der Waals surface area contributed by atoms with Gasteiger partial charge in [-0.15, -0.1) is 0 Å². The van der Waals surface area contributed by atoms with Crippen LogP contribution in [0, 0.1) is 0 Å². The highest BCUT2D eigenvalue weighted by Crippen LogP contribution is 2.29. The predicted octanol–water partition coefficient (Wildman–Crippen LogP) is 0.848. The molecule has 1 amide bonds. The molecule has 1 aliphatic rings. The largest absolute Gasteiger partial charge is 0.497 e. The lowest BCUT2D eigenvalue weighted by atomic mass is 10.1. The lowest BCUT2D eigenvalue weighted by molar-refractivity contribution is -0.122. The highest BCUT2D eigenvalue weighted by atomic mass is 32.2. The molecule has 1 saturated heterocycles. The van der Waals surface area contributed by atoms with E-state index in [2.05, 4.69) is 5.32 Å². The summed E-state index contributed by atoms with van der Waals surface area (Å²) in [4.78, 5) is 14.5. The van der Waals surface area contributed by atoms with Gasteiger partial charge in [-0.2, -0.15) is 0 Å². The molecular weight excluding hydrogens is 370 g/mol. The molecule has 0 saturated carbocycles. The van der Waals surface area contributed by atoms with Crippen LogP contribution in [0.5, 0.6) is 11.5 Å². The minimum atomic E-state index is -3.19. The second kappa shape index (κ2) is 9.38. The summed E-state index contributed by atoms with van der Waals surface area (Å²) in [5, 5.41) is 2.98. The van der Waals surface area contributed by atoms with Gasteiger partial charge < -0.3 is 14.8 Å². The fourth-order valence-corrected chi connectivity index (χ4v) is 4.06. The maximum Gasteiger partial charge on any atom is 0.234 e. The third kappa shape index (κ3) is 6.08. The number of hydrogen-bond donors (Lipinski definition) is 1. The summed E-state index contributed by atoms with van der Waals surface area (Å²) < 4.78 is 35.5. The van der Waals surface area contributed by atoms with Crippen molar-refractivity contribution in [2.45, 2.75) is 19.4 Å². The SMILES string of the molecule is COc1ccc(OC)c([C@@H](C)NC(=O)CN2CCCN(S(C)(=O)=O)CC2)c1. The highest BCUT2D eigenvalue weighted by Gasteiger charge is 2.23. The molecule has 0 radical (unpaired) electrons. The maximum absolute atomic E-state index is 12.5. The van der Waals surface area contributed by atoms with Crippen molar-refractivity contribution in [1.29, 1.82) is 0 Å². The number of carbonyl (C=O) groups is 1. The van der Waals surface area contributed by atoms with E-state index >= 15 is 0 Å². The fourth-order valence-electron chi connectivity index (χ4n) is 3.18. The van der Waals surface area contributed by atoms with Crippen LogP contribution in [0.3, 0.4) is 0 Å². The Bertz CT molecular complexity index is 753. The zero-order valence-electron chi connectivity index (χ0n) is 16.4. The first-order valence-corrected chi connectivity index (χ1v) is 10.8. The smallest absolute Gasteiger partial charge is 0.234 e. The molecule has 0 unspecified atom stereocenters. The number of amides is 1. The summed E-state index contributed by atoms with van der Waals surface area (Å²) in [5.74, 6) is 1.27. The Balaban J connectivity index is 1.95. The van der Waals surface area contributed by atoms with Crippen molar-refractivity contribution in [2.75, 3.05) is 53.2 Å². The van der Waals surface area contributed by atoms with Crippen molar-refractivity contribution in [3.05, 3.63) is 23.8 Å². The van der Waals surface area contributed by atoms with Crippen molar-refractivity contribution in [2.24, 2.45) is 0 Å². The quantitative estimate of drug-likeness (QED) is 0.731. The van der Waals surface area contributed by atoms with Crippen LogP contribution in [0.2, 0.25) is 0 Å². The van der Waals surface area contributed by atoms with Gasteiger partial charge in [0.2, 0.25) is 15.9 Å². The number of ether oxygens (including phenoxy) is 2. The second-order valence-electron chi connectivity index (χ2n) is 6.69. The van der Waals surface area contributed by atoms with E-state index in [4.69, 9.17) is 9.47 Å². The predicted molar refractivity (Wildman–Crippen MR) is 104 cm³/mol. The molecule has 1 aliphatic heterocycles. The van der Waals surface area contributed by atoms with E-state index in [1.165, 1.54) is 10.6 Å². The van der Waals surface area contributed by atoms with Gasteiger partial charge in [0.15, 0.2) is 0 Å². The summed E-state index contributed by atoms with van der Waals surface area (Å²) >= 11 is 0. The Hall–Kier alpha value is -1.84. The molecule has 27 heavy (non-hydrogen) atoms. The van der Waals surface area contributed by atoms with Crippen LogP contribution in [-0.4, -0.2) is 76.7 Å². The average molecular weight is 400 g/mol. The molecule has 2 rings (SSSR count). The molecule has 1 fully saturated rings. The van der Waals surface area contributed by atoms with E-state index in [1.54, 1.807) is 14.2 Å². The highest BCUT2D eigenvalue weighted by molar-refractivity contribution is 7.88. The monoisotopic (exact) mass is 399 g/mol. The summed E-state index contributed by atoms with van der Waals surface area (Å²) in [5.41, 5.74) is 0.837. The molecule has 0 spiro atoms. The molecule has 152 valence electrons. The van der Waals surface area contributed by atoms with Gasteiger partial charge in [0.05, 0.1) is 33.1 Å². The Labute approximate surface area is 161 Å². The molecular formula is C18H29N3O5S. The van der Waals surface area contributed by atoms with Gasteiger partial charge >= 0.3 is 0 Å². The minimum Gasteiger partial charge on any atom is -0.497 e. The number of benzene rings is 1. The summed E-state index contributed by atoms with van der Waals surface area (Å²) in [6.45, 7) is 4.25. The third-order valence-corrected chi connectivity index (χ3v) is 5.97. The Morgan fingerprint density at radius 1 is 1.19 bits per heavy atom. The molecule has 1 heterocycles. The Morgan fingerprint density at radius 3 is 2.56 bits per heavy atom. The molecule has 1 atom stereocenters. The number of rotatable bonds is 7. The van der Waals surface area contributed by atoms with Crippen molar-refractivity contribution in [1.82, 2.24) is 14.5 Å². The zero-order chi connectivity index (χ0) is 20.0. The van der Waals surface area contributed by atoms with Crippen LogP contribution in [0.4, 0.5) is 0 Å². The lowest BCUT2D eigenvalue weighted by Crippen LogP contribution is -2.40. The van der Waals surface area contributed by atoms with Gasteiger partial charge in [0.25, 0.3) is 0 Å². The van der Waals surface area contributed by atoms with Gasteiger partial charge in [-0.25, -0.2) is 12.7 Å². The zero-order valence-corrected chi connectivity index (χ0v) is 17.2. The van der Waals surface area contributed by atoms with Crippen LogP contribution in [0.1, 0.15) is 24.9 Å². The van der Waals surface area contributed by atoms with Crippen LogP contribution < -0.4 is 14.8 Å². The normalized spacial score (nSPS) is 17.8. The number of sulfonamides is 1. The molecule has 1 N–H and O–H groups in total. The standard InChI is InChI=1S/C18H29N3O5S/c1-14(16-12-15(25-2)6-7-17(16)26-3)19-18(22)13-20-8-5-9-21(11-10-20)27(4,23)24/h6-7,12,14H,5,8-11,13H2,1-4H3,(H,19,22)/t14-/m1/s1. The summed E-state index contributed by atoms with van der Waals surface area (Å²) in [6.07, 6.45) is 1.93. The fraction of sp³-hybridized carbons (Fsp3) is 0.611. The van der Waals surface area contributed by atoms with E-state index in [0.717, 1.165) is 5.56 Å². The van der Waals surface area contributed by atoms with Gasteiger partial charge in [-0.3, -0.25) is 9.69 Å². The van der Waals surface area contributed by atoms with E-state index in [-0.39, 0.29) is 18.5 Å². The number of methoxy groups -OCH3 is 2. The van der Waals surface area contributed by atoms with Gasteiger partial charge in [-0.1, -0.05) is 0 Å². The molecule has 0 bridgehead atoms. The number of nitrogens with one attached hydrogen (secondary N) is 1. The molecule has 0 aliphatic carbocycles. The number of hydrogen-bond acceptors (Lipinski definition) is 6. The summed E-state index contributed by atoms with van der Waals surface area (Å²) in [6, 6.07) is 5.22. The van der Waals surface area contributed by atoms with Crippen molar-refractivity contribution in [3.63, 3.8) is 0 Å². The lowest BCUT2D eigenvalue weighted by Gasteiger charge is -2.22.